The van der Waals surface area contributed by atoms with E-state index in [-0.39, 0.29) is 6.32 Å². The van der Waals surface area contributed by atoms with Gasteiger partial charge in [0.1, 0.15) is 5.54 Å². The van der Waals surface area contributed by atoms with Gasteiger partial charge in [-0.15, -0.1) is 0 Å². The van der Waals surface area contributed by atoms with Crippen LogP contribution in [0.25, 0.3) is 0 Å². The predicted molar refractivity (Wildman–Crippen MR) is 99.6 cm³/mol. The van der Waals surface area contributed by atoms with Gasteiger partial charge in [-0.3, -0.25) is 4.79 Å². The molecule has 0 aromatic heterocycles. The molecule has 1 aromatic rings. The number of nitrogens with zero attached hydrogens (tertiary/aromatic N) is 1. The summed E-state index contributed by atoms with van der Waals surface area (Å²) in [6, 6.07) is 8.38. The van der Waals surface area contributed by atoms with Crippen molar-refractivity contribution in [2.45, 2.75) is 56.8 Å². The number of carboxylic acid groups (broad SMARTS) is 1. The Morgan fingerprint density at radius 1 is 1.20 bits per heavy atom. The first kappa shape index (κ1) is 19.8. The van der Waals surface area contributed by atoms with Crippen LogP contribution in [0.2, 0.25) is 6.32 Å². The highest BCUT2D eigenvalue weighted by Crippen LogP contribution is 2.27. The molecule has 0 bridgehead atoms. The molecule has 0 fully saturated rings. The lowest BCUT2D eigenvalue weighted by molar-refractivity contribution is -0.144. The molecule has 1 aromatic carbocycles. The van der Waals surface area contributed by atoms with Crippen molar-refractivity contribution in [2.75, 3.05) is 18.0 Å². The molecule has 7 heteroatoms. The molecule has 1 aliphatic heterocycles. The molecule has 6 nitrogen and oxygen atoms in total. The van der Waals surface area contributed by atoms with Crippen LogP contribution in [-0.4, -0.2) is 46.9 Å². The Kier molecular flexibility index (Phi) is 7.29. The number of hydrogen-bond donors (Lipinski definition) is 4. The fourth-order valence-electron chi connectivity index (χ4n) is 3.54. The number of benzene rings is 1. The Morgan fingerprint density at radius 3 is 2.64 bits per heavy atom. The van der Waals surface area contributed by atoms with E-state index < -0.39 is 18.6 Å². The van der Waals surface area contributed by atoms with E-state index in [0.717, 1.165) is 32.4 Å². The van der Waals surface area contributed by atoms with Crippen LogP contribution in [0.15, 0.2) is 24.3 Å². The normalized spacial score (nSPS) is 16.2. The van der Waals surface area contributed by atoms with Gasteiger partial charge in [-0.1, -0.05) is 31.0 Å². The number of fused-ring (bicyclic) bond motifs is 1. The van der Waals surface area contributed by atoms with Gasteiger partial charge >= 0.3 is 13.1 Å². The van der Waals surface area contributed by atoms with Crippen LogP contribution in [0.3, 0.4) is 0 Å². The number of aryl methyl sites for hydroxylation is 1. The van der Waals surface area contributed by atoms with Crippen molar-refractivity contribution < 1.29 is 19.9 Å². The van der Waals surface area contributed by atoms with E-state index in [1.807, 2.05) is 6.07 Å². The van der Waals surface area contributed by atoms with Crippen LogP contribution in [-0.2, 0) is 11.2 Å². The number of carbonyl (C=O) groups is 1. The molecule has 5 N–H and O–H groups in total. The molecule has 1 heterocycles. The Bertz CT molecular complexity index is 570. The van der Waals surface area contributed by atoms with Crippen molar-refractivity contribution in [3.63, 3.8) is 0 Å². The number of nitrogens with two attached hydrogens (primary N) is 1. The summed E-state index contributed by atoms with van der Waals surface area (Å²) in [5, 5.41) is 27.2. The minimum atomic E-state index is -1.34. The fraction of sp³-hybridized carbons (Fsp3) is 0.611. The second kappa shape index (κ2) is 9.22. The SMILES string of the molecule is NC(CCCCB(O)O)(CCCN1CCCc2ccccc21)C(=O)O. The second-order valence-electron chi connectivity index (χ2n) is 7.01. The van der Waals surface area contributed by atoms with Crippen LogP contribution in [0, 0.1) is 0 Å². The molecule has 0 saturated heterocycles. The Balaban J connectivity index is 1.84. The standard InChI is InChI=1S/C18H29BN2O4/c20-18(17(22)23,10-3-4-12-19(24)25)11-6-14-21-13-5-8-15-7-1-2-9-16(15)21/h1-2,7,9,24-25H,3-6,8,10-14,20H2,(H,22,23). The molecule has 0 amide bonds. The van der Waals surface area contributed by atoms with Crippen LogP contribution >= 0.6 is 0 Å². The van der Waals surface area contributed by atoms with Gasteiger partial charge in [0.25, 0.3) is 0 Å². The lowest BCUT2D eigenvalue weighted by Gasteiger charge is -2.32. The molecule has 1 aliphatic rings. The highest BCUT2D eigenvalue weighted by Gasteiger charge is 2.33. The van der Waals surface area contributed by atoms with E-state index in [0.29, 0.717) is 25.7 Å². The molecular weight excluding hydrogens is 319 g/mol. The predicted octanol–water partition coefficient (Wildman–Crippen LogP) is 1.64. The van der Waals surface area contributed by atoms with E-state index in [2.05, 4.69) is 23.1 Å². The van der Waals surface area contributed by atoms with Crippen molar-refractivity contribution in [1.29, 1.82) is 0 Å². The average Bonchev–Trinajstić information content (AvgIpc) is 2.59. The topological polar surface area (TPSA) is 107 Å². The Hall–Kier alpha value is -1.57. The fourth-order valence-corrected chi connectivity index (χ4v) is 3.54. The van der Waals surface area contributed by atoms with Crippen LogP contribution in [0.4, 0.5) is 5.69 Å². The van der Waals surface area contributed by atoms with Crippen molar-refractivity contribution >= 4 is 18.8 Å². The van der Waals surface area contributed by atoms with Crippen molar-refractivity contribution in [3.8, 4) is 0 Å². The Labute approximate surface area is 149 Å². The summed E-state index contributed by atoms with van der Waals surface area (Å²) in [6.45, 7) is 1.80. The third-order valence-electron chi connectivity index (χ3n) is 5.02. The quantitative estimate of drug-likeness (QED) is 0.378. The number of hydrogen-bond acceptors (Lipinski definition) is 5. The zero-order valence-corrected chi connectivity index (χ0v) is 14.7. The van der Waals surface area contributed by atoms with Crippen LogP contribution < -0.4 is 10.6 Å². The van der Waals surface area contributed by atoms with Crippen molar-refractivity contribution in [1.82, 2.24) is 0 Å². The van der Waals surface area contributed by atoms with Gasteiger partial charge in [-0.05, 0) is 50.1 Å². The highest BCUT2D eigenvalue weighted by atomic mass is 16.4. The monoisotopic (exact) mass is 348 g/mol. The summed E-state index contributed by atoms with van der Waals surface area (Å²) >= 11 is 0. The summed E-state index contributed by atoms with van der Waals surface area (Å²) < 4.78 is 0. The Morgan fingerprint density at radius 2 is 1.92 bits per heavy atom. The molecule has 0 spiro atoms. The van der Waals surface area contributed by atoms with Crippen LogP contribution in [0.5, 0.6) is 0 Å². The molecule has 138 valence electrons. The lowest BCUT2D eigenvalue weighted by Crippen LogP contribution is -2.48. The van der Waals surface area contributed by atoms with Gasteiger partial charge in [0, 0.05) is 18.8 Å². The summed E-state index contributed by atoms with van der Waals surface area (Å²) in [5.41, 5.74) is 7.49. The number of anilines is 1. The highest BCUT2D eigenvalue weighted by molar-refractivity contribution is 6.40. The molecular formula is C18H29BN2O4. The number of aliphatic carboxylic acids is 1. The summed E-state index contributed by atoms with van der Waals surface area (Å²) in [4.78, 5) is 13.9. The van der Waals surface area contributed by atoms with Crippen molar-refractivity contribution in [2.24, 2.45) is 5.73 Å². The number of carboxylic acids is 1. The molecule has 2 rings (SSSR count). The van der Waals surface area contributed by atoms with Gasteiger partial charge in [0.05, 0.1) is 0 Å². The zero-order chi connectivity index (χ0) is 18.3. The smallest absolute Gasteiger partial charge is 0.451 e. The first-order valence-electron chi connectivity index (χ1n) is 9.14. The zero-order valence-electron chi connectivity index (χ0n) is 14.7. The summed E-state index contributed by atoms with van der Waals surface area (Å²) in [6.07, 6.45) is 5.09. The maximum atomic E-state index is 11.6. The summed E-state index contributed by atoms with van der Waals surface area (Å²) in [5.74, 6) is -0.976. The van der Waals surface area contributed by atoms with Gasteiger partial charge in [-0.25, -0.2) is 0 Å². The van der Waals surface area contributed by atoms with E-state index in [4.69, 9.17) is 15.8 Å². The van der Waals surface area contributed by atoms with Gasteiger partial charge in [-0.2, -0.15) is 0 Å². The molecule has 1 atom stereocenters. The number of unbranched alkanes of at least 4 members (excludes halogenated alkanes) is 1. The molecule has 0 saturated carbocycles. The third kappa shape index (κ3) is 5.73. The first-order chi connectivity index (χ1) is 11.9. The number of rotatable bonds is 10. The maximum absolute atomic E-state index is 11.6. The third-order valence-corrected chi connectivity index (χ3v) is 5.02. The second-order valence-corrected chi connectivity index (χ2v) is 7.01. The van der Waals surface area contributed by atoms with Gasteiger partial charge < -0.3 is 25.8 Å². The van der Waals surface area contributed by atoms with E-state index in [9.17, 15) is 9.90 Å². The largest absolute Gasteiger partial charge is 0.480 e. The molecule has 0 radical (unpaired) electrons. The first-order valence-corrected chi connectivity index (χ1v) is 9.14. The van der Waals surface area contributed by atoms with Crippen LogP contribution in [0.1, 0.15) is 44.1 Å². The van der Waals surface area contributed by atoms with Gasteiger partial charge in [0.15, 0.2) is 0 Å². The molecule has 1 unspecified atom stereocenters. The maximum Gasteiger partial charge on any atom is 0.451 e. The van der Waals surface area contributed by atoms with E-state index in [1.165, 1.54) is 11.3 Å². The molecule has 0 aliphatic carbocycles. The summed E-state index contributed by atoms with van der Waals surface area (Å²) in [7, 11) is -1.34. The van der Waals surface area contributed by atoms with Crippen molar-refractivity contribution in [3.05, 3.63) is 29.8 Å². The average molecular weight is 348 g/mol. The molecule has 25 heavy (non-hydrogen) atoms. The minimum absolute atomic E-state index is 0.250. The number of para-hydroxylation sites is 1. The lowest BCUT2D eigenvalue weighted by atomic mass is 9.81. The van der Waals surface area contributed by atoms with E-state index >= 15 is 0 Å². The minimum Gasteiger partial charge on any atom is -0.480 e. The van der Waals surface area contributed by atoms with E-state index in [1.54, 1.807) is 0 Å². The van der Waals surface area contributed by atoms with Gasteiger partial charge in [0.2, 0.25) is 0 Å².